The summed E-state index contributed by atoms with van der Waals surface area (Å²) >= 11 is 0. The first-order chi connectivity index (χ1) is 6.47. The van der Waals surface area contributed by atoms with E-state index in [-0.39, 0.29) is 25.5 Å². The van der Waals surface area contributed by atoms with Crippen molar-refractivity contribution in [3.8, 4) is 0 Å². The number of rotatable bonds is 6. The van der Waals surface area contributed by atoms with E-state index in [1.165, 1.54) is 11.0 Å². The van der Waals surface area contributed by atoms with Gasteiger partial charge in [0.25, 0.3) is 0 Å². The number of hydrogen-bond acceptors (Lipinski definition) is 3. The summed E-state index contributed by atoms with van der Waals surface area (Å²) in [5.74, 6) is -1.23. The van der Waals surface area contributed by atoms with Crippen molar-refractivity contribution in [3.63, 3.8) is 0 Å². The predicted molar refractivity (Wildman–Crippen MR) is 53.0 cm³/mol. The van der Waals surface area contributed by atoms with Crippen molar-refractivity contribution in [1.82, 2.24) is 9.80 Å². The van der Waals surface area contributed by atoms with Crippen molar-refractivity contribution < 1.29 is 14.7 Å². The SMILES string of the molecule is C=CCN(CC(=O)O)C(=O)CN(C)C. The fraction of sp³-hybridized carbons (Fsp3) is 0.556. The average Bonchev–Trinajstić information content (AvgIpc) is 2.01. The molecule has 1 amide bonds. The van der Waals surface area contributed by atoms with E-state index < -0.39 is 5.97 Å². The van der Waals surface area contributed by atoms with E-state index in [1.807, 2.05) is 0 Å². The van der Waals surface area contributed by atoms with Crippen LogP contribution < -0.4 is 0 Å². The summed E-state index contributed by atoms with van der Waals surface area (Å²) in [5.41, 5.74) is 0. The van der Waals surface area contributed by atoms with E-state index >= 15 is 0 Å². The van der Waals surface area contributed by atoms with Crippen molar-refractivity contribution >= 4 is 11.9 Å². The van der Waals surface area contributed by atoms with Crippen LogP contribution in [0.4, 0.5) is 0 Å². The topological polar surface area (TPSA) is 60.9 Å². The first-order valence-electron chi connectivity index (χ1n) is 4.22. The van der Waals surface area contributed by atoms with Gasteiger partial charge in [0.1, 0.15) is 6.54 Å². The summed E-state index contributed by atoms with van der Waals surface area (Å²) in [6.07, 6.45) is 1.51. The number of carbonyl (C=O) groups is 2. The van der Waals surface area contributed by atoms with Crippen LogP contribution in [0.1, 0.15) is 0 Å². The third-order valence-electron chi connectivity index (χ3n) is 1.48. The van der Waals surface area contributed by atoms with Gasteiger partial charge in [-0.25, -0.2) is 0 Å². The molecule has 0 fully saturated rings. The van der Waals surface area contributed by atoms with Gasteiger partial charge < -0.3 is 14.9 Å². The summed E-state index contributed by atoms with van der Waals surface area (Å²) in [4.78, 5) is 24.8. The molecule has 5 heteroatoms. The molecule has 0 aliphatic heterocycles. The molecule has 0 spiro atoms. The largest absolute Gasteiger partial charge is 0.480 e. The maximum atomic E-state index is 11.5. The van der Waals surface area contributed by atoms with Crippen molar-refractivity contribution in [2.24, 2.45) is 0 Å². The minimum atomic E-state index is -1.01. The Hall–Kier alpha value is -1.36. The van der Waals surface area contributed by atoms with Gasteiger partial charge in [-0.2, -0.15) is 0 Å². The van der Waals surface area contributed by atoms with Crippen LogP contribution in [0.3, 0.4) is 0 Å². The molecule has 0 aliphatic carbocycles. The lowest BCUT2D eigenvalue weighted by Crippen LogP contribution is -2.40. The summed E-state index contributed by atoms with van der Waals surface area (Å²) in [6.45, 7) is 3.66. The zero-order valence-electron chi connectivity index (χ0n) is 8.56. The van der Waals surface area contributed by atoms with Gasteiger partial charge >= 0.3 is 5.97 Å². The average molecular weight is 200 g/mol. The highest BCUT2D eigenvalue weighted by Gasteiger charge is 2.15. The molecule has 0 saturated heterocycles. The van der Waals surface area contributed by atoms with Crippen LogP contribution in [0, 0.1) is 0 Å². The van der Waals surface area contributed by atoms with Crippen LogP contribution in [0.15, 0.2) is 12.7 Å². The molecule has 0 unspecified atom stereocenters. The number of carboxylic acids is 1. The molecular weight excluding hydrogens is 184 g/mol. The van der Waals surface area contributed by atoms with Crippen molar-refractivity contribution in [3.05, 3.63) is 12.7 Å². The maximum absolute atomic E-state index is 11.5. The van der Waals surface area contributed by atoms with Crippen molar-refractivity contribution in [2.45, 2.75) is 0 Å². The quantitative estimate of drug-likeness (QED) is 0.595. The van der Waals surface area contributed by atoms with Crippen molar-refractivity contribution in [2.75, 3.05) is 33.7 Å². The highest BCUT2D eigenvalue weighted by Crippen LogP contribution is 1.92. The summed E-state index contributed by atoms with van der Waals surface area (Å²) in [6, 6.07) is 0. The first kappa shape index (κ1) is 12.6. The molecule has 80 valence electrons. The lowest BCUT2D eigenvalue weighted by molar-refractivity contribution is -0.144. The second-order valence-electron chi connectivity index (χ2n) is 3.19. The molecule has 0 aromatic rings. The van der Waals surface area contributed by atoms with Gasteiger partial charge in [0.15, 0.2) is 0 Å². The minimum absolute atomic E-state index is 0.209. The molecule has 1 N–H and O–H groups in total. The van der Waals surface area contributed by atoms with Gasteiger partial charge in [-0.05, 0) is 14.1 Å². The number of nitrogens with zero attached hydrogens (tertiary/aromatic N) is 2. The van der Waals surface area contributed by atoms with Crippen LogP contribution in [-0.4, -0.2) is 60.5 Å². The Morgan fingerprint density at radius 1 is 1.36 bits per heavy atom. The summed E-state index contributed by atoms with van der Waals surface area (Å²) in [5, 5.41) is 8.55. The molecule has 5 nitrogen and oxygen atoms in total. The molecule has 0 rings (SSSR count). The van der Waals surface area contributed by atoms with Crippen molar-refractivity contribution in [1.29, 1.82) is 0 Å². The van der Waals surface area contributed by atoms with Gasteiger partial charge in [0.2, 0.25) is 5.91 Å². The Morgan fingerprint density at radius 3 is 2.29 bits per heavy atom. The fourth-order valence-corrected chi connectivity index (χ4v) is 0.944. The third-order valence-corrected chi connectivity index (χ3v) is 1.48. The minimum Gasteiger partial charge on any atom is -0.480 e. The normalized spacial score (nSPS) is 9.93. The molecule has 14 heavy (non-hydrogen) atoms. The zero-order chi connectivity index (χ0) is 11.1. The van der Waals surface area contributed by atoms with E-state index in [4.69, 9.17) is 5.11 Å². The molecular formula is C9H16N2O3. The number of aliphatic carboxylic acids is 1. The van der Waals surface area contributed by atoms with Gasteiger partial charge in [0.05, 0.1) is 6.54 Å². The van der Waals surface area contributed by atoms with Crippen LogP contribution in [0.2, 0.25) is 0 Å². The number of amides is 1. The Bertz CT molecular complexity index is 226. The Morgan fingerprint density at radius 2 is 1.93 bits per heavy atom. The highest BCUT2D eigenvalue weighted by molar-refractivity contribution is 5.82. The molecule has 0 heterocycles. The van der Waals surface area contributed by atoms with Gasteiger partial charge in [-0.1, -0.05) is 6.08 Å². The Kier molecular flexibility index (Phi) is 5.55. The fourth-order valence-electron chi connectivity index (χ4n) is 0.944. The van der Waals surface area contributed by atoms with E-state index in [9.17, 15) is 9.59 Å². The van der Waals surface area contributed by atoms with E-state index in [1.54, 1.807) is 19.0 Å². The second kappa shape index (κ2) is 6.15. The van der Waals surface area contributed by atoms with Gasteiger partial charge in [-0.15, -0.1) is 6.58 Å². The lowest BCUT2D eigenvalue weighted by atomic mass is 10.4. The Labute approximate surface area is 83.6 Å². The monoisotopic (exact) mass is 200 g/mol. The van der Waals surface area contributed by atoms with Crippen LogP contribution in [-0.2, 0) is 9.59 Å². The molecule has 0 aromatic carbocycles. The lowest BCUT2D eigenvalue weighted by Gasteiger charge is -2.20. The molecule has 0 radical (unpaired) electrons. The Balaban J connectivity index is 4.24. The highest BCUT2D eigenvalue weighted by atomic mass is 16.4. The van der Waals surface area contributed by atoms with Crippen LogP contribution >= 0.6 is 0 Å². The number of hydrogen-bond donors (Lipinski definition) is 1. The molecule has 0 saturated carbocycles. The second-order valence-corrected chi connectivity index (χ2v) is 3.19. The van der Waals surface area contributed by atoms with Gasteiger partial charge in [-0.3, -0.25) is 9.59 Å². The van der Waals surface area contributed by atoms with E-state index in [0.29, 0.717) is 0 Å². The molecule has 0 aromatic heterocycles. The molecule has 0 aliphatic rings. The molecule has 0 atom stereocenters. The number of carbonyl (C=O) groups excluding carboxylic acids is 1. The zero-order valence-corrected chi connectivity index (χ0v) is 8.56. The molecule has 0 bridgehead atoms. The standard InChI is InChI=1S/C9H16N2O3/c1-4-5-11(7-9(13)14)8(12)6-10(2)3/h4H,1,5-7H2,2-3H3,(H,13,14). The number of likely N-dealkylation sites (N-methyl/N-ethyl adjacent to an activating group) is 1. The smallest absolute Gasteiger partial charge is 0.323 e. The summed E-state index contributed by atoms with van der Waals surface area (Å²) < 4.78 is 0. The van der Waals surface area contributed by atoms with E-state index in [0.717, 1.165) is 0 Å². The van der Waals surface area contributed by atoms with Gasteiger partial charge in [0, 0.05) is 6.54 Å². The number of carboxylic acid groups (broad SMARTS) is 1. The van der Waals surface area contributed by atoms with Crippen LogP contribution in [0.25, 0.3) is 0 Å². The maximum Gasteiger partial charge on any atom is 0.323 e. The summed E-state index contributed by atoms with van der Waals surface area (Å²) in [7, 11) is 3.51. The first-order valence-corrected chi connectivity index (χ1v) is 4.22. The van der Waals surface area contributed by atoms with Crippen LogP contribution in [0.5, 0.6) is 0 Å². The van der Waals surface area contributed by atoms with E-state index in [2.05, 4.69) is 6.58 Å². The predicted octanol–water partition coefficient (Wildman–Crippen LogP) is -0.353. The third kappa shape index (κ3) is 5.31.